The number of carbonyl (C=O) groups excluding carboxylic acids is 1. The van der Waals surface area contributed by atoms with E-state index < -0.39 is 24.5 Å². The first-order valence-electron chi connectivity index (χ1n) is 6.21. The molecule has 0 saturated carbocycles. The molecule has 0 fully saturated rings. The number of aliphatic hydroxyl groups is 2. The van der Waals surface area contributed by atoms with Gasteiger partial charge in [-0.25, -0.2) is 0 Å². The van der Waals surface area contributed by atoms with Crippen LogP contribution in [0.25, 0.3) is 0 Å². The topological polar surface area (TPSA) is 78.8 Å². The van der Waals surface area contributed by atoms with Crippen LogP contribution in [0.2, 0.25) is 0 Å². The zero-order valence-corrected chi connectivity index (χ0v) is 11.5. The Bertz CT molecular complexity index is 402. The van der Waals surface area contributed by atoms with E-state index >= 15 is 0 Å². The lowest BCUT2D eigenvalue weighted by Crippen LogP contribution is -2.44. The Morgan fingerprint density at radius 2 is 1.89 bits per heavy atom. The van der Waals surface area contributed by atoms with Gasteiger partial charge in [0, 0.05) is 5.69 Å². The summed E-state index contributed by atoms with van der Waals surface area (Å²) in [6.07, 6.45) is -1.23. The molecule has 0 bridgehead atoms. The third-order valence-electron chi connectivity index (χ3n) is 2.97. The predicted octanol–water partition coefficient (Wildman–Crippen LogP) is 1.05. The molecule has 0 amide bonds. The maximum absolute atomic E-state index is 11.4. The van der Waals surface area contributed by atoms with Crippen LogP contribution in [0.4, 0.5) is 5.69 Å². The van der Waals surface area contributed by atoms with Crippen LogP contribution in [0.1, 0.15) is 13.8 Å². The molecule has 0 aliphatic heterocycles. The number of hydrogen-bond donors (Lipinski definition) is 3. The van der Waals surface area contributed by atoms with Crippen LogP contribution in [0, 0.1) is 5.92 Å². The van der Waals surface area contributed by atoms with Gasteiger partial charge < -0.3 is 20.3 Å². The van der Waals surface area contributed by atoms with Crippen LogP contribution < -0.4 is 10.1 Å². The van der Waals surface area contributed by atoms with Crippen molar-refractivity contribution in [2.45, 2.75) is 26.0 Å². The minimum Gasteiger partial charge on any atom is -0.497 e. The number of ether oxygens (including phenoxy) is 1. The van der Waals surface area contributed by atoms with Gasteiger partial charge in [-0.15, -0.1) is 0 Å². The van der Waals surface area contributed by atoms with Gasteiger partial charge in [0.25, 0.3) is 0 Å². The van der Waals surface area contributed by atoms with Crippen LogP contribution in [-0.2, 0) is 4.79 Å². The molecule has 5 nitrogen and oxygen atoms in total. The molecule has 2 atom stereocenters. The number of methoxy groups -OCH3 is 1. The van der Waals surface area contributed by atoms with Gasteiger partial charge in [-0.1, -0.05) is 13.8 Å². The van der Waals surface area contributed by atoms with Crippen molar-refractivity contribution in [2.75, 3.05) is 19.0 Å². The predicted molar refractivity (Wildman–Crippen MR) is 73.3 cm³/mol. The first-order valence-corrected chi connectivity index (χ1v) is 6.21. The molecule has 106 valence electrons. The molecule has 5 heteroatoms. The zero-order chi connectivity index (χ0) is 14.4. The molecular weight excluding hydrogens is 246 g/mol. The summed E-state index contributed by atoms with van der Waals surface area (Å²) in [5.41, 5.74) is 0.782. The molecule has 0 aliphatic rings. The maximum Gasteiger partial charge on any atom is 0.188 e. The third kappa shape index (κ3) is 4.22. The summed E-state index contributed by atoms with van der Waals surface area (Å²) in [4.78, 5) is 11.4. The smallest absolute Gasteiger partial charge is 0.188 e. The molecule has 0 aliphatic carbocycles. The number of Topliss-reactive ketones (excluding diaryl/α,β-unsaturated/α-hetero) is 1. The highest BCUT2D eigenvalue weighted by Crippen LogP contribution is 2.19. The lowest BCUT2D eigenvalue weighted by atomic mass is 9.95. The van der Waals surface area contributed by atoms with Crippen molar-refractivity contribution >= 4 is 11.5 Å². The van der Waals surface area contributed by atoms with Gasteiger partial charge in [-0.3, -0.25) is 4.79 Å². The summed E-state index contributed by atoms with van der Waals surface area (Å²) in [5.74, 6) is 0.186. The van der Waals surface area contributed by atoms with E-state index in [1.54, 1.807) is 19.2 Å². The van der Waals surface area contributed by atoms with Gasteiger partial charge in [-0.2, -0.15) is 0 Å². The fourth-order valence-corrected chi connectivity index (χ4v) is 1.78. The van der Waals surface area contributed by atoms with Crippen molar-refractivity contribution < 1.29 is 19.7 Å². The number of carbonyl (C=O) groups is 1. The summed E-state index contributed by atoms with van der Waals surface area (Å²) in [6.45, 7) is 3.14. The molecule has 3 N–H and O–H groups in total. The Morgan fingerprint density at radius 1 is 1.32 bits per heavy atom. The van der Waals surface area contributed by atoms with Gasteiger partial charge in [0.05, 0.1) is 13.2 Å². The maximum atomic E-state index is 11.4. The number of ketones is 1. The van der Waals surface area contributed by atoms with Crippen LogP contribution in [0.5, 0.6) is 5.75 Å². The highest BCUT2D eigenvalue weighted by Gasteiger charge is 2.27. The molecule has 0 saturated heterocycles. The zero-order valence-electron chi connectivity index (χ0n) is 11.5. The Kier molecular flexibility index (Phi) is 5.79. The van der Waals surface area contributed by atoms with E-state index in [9.17, 15) is 9.90 Å². The minimum atomic E-state index is -1.23. The quantitative estimate of drug-likeness (QED) is 0.688. The molecule has 1 rings (SSSR count). The molecule has 0 aromatic heterocycles. The first kappa shape index (κ1) is 15.5. The highest BCUT2D eigenvalue weighted by atomic mass is 16.5. The number of rotatable bonds is 7. The molecule has 0 heterocycles. The van der Waals surface area contributed by atoms with Crippen molar-refractivity contribution in [3.05, 3.63) is 24.3 Å². The number of aliphatic hydroxyl groups excluding tert-OH is 2. The fourth-order valence-electron chi connectivity index (χ4n) is 1.78. The second-order valence-electron chi connectivity index (χ2n) is 4.71. The van der Waals surface area contributed by atoms with Crippen LogP contribution in [0.3, 0.4) is 0 Å². The standard InChI is InChI=1S/C14H21NO4/c1-9(2)13(14(18)12(17)8-16)15-10-4-6-11(19-3)7-5-10/h4-7,9,13-16,18H,8H2,1-3H3/t13-,14+/m1/s1. The highest BCUT2D eigenvalue weighted by molar-refractivity contribution is 5.85. The summed E-state index contributed by atoms with van der Waals surface area (Å²) in [7, 11) is 1.59. The third-order valence-corrected chi connectivity index (χ3v) is 2.97. The molecule has 0 radical (unpaired) electrons. The van der Waals surface area contributed by atoms with Crippen molar-refractivity contribution in [3.8, 4) is 5.75 Å². The Hall–Kier alpha value is -1.59. The van der Waals surface area contributed by atoms with Crippen LogP contribution in [0.15, 0.2) is 24.3 Å². The summed E-state index contributed by atoms with van der Waals surface area (Å²) < 4.78 is 5.06. The Morgan fingerprint density at radius 3 is 2.32 bits per heavy atom. The van der Waals surface area contributed by atoms with E-state index in [1.165, 1.54) is 0 Å². The van der Waals surface area contributed by atoms with Gasteiger partial charge in [0.15, 0.2) is 5.78 Å². The largest absolute Gasteiger partial charge is 0.497 e. The number of anilines is 1. The van der Waals surface area contributed by atoms with Gasteiger partial charge >= 0.3 is 0 Å². The Labute approximate surface area is 113 Å². The molecule has 0 spiro atoms. The van der Waals surface area contributed by atoms with E-state index in [1.807, 2.05) is 26.0 Å². The van der Waals surface area contributed by atoms with Crippen LogP contribution >= 0.6 is 0 Å². The minimum absolute atomic E-state index is 0.0348. The molecule has 0 unspecified atom stereocenters. The van der Waals surface area contributed by atoms with Gasteiger partial charge in [0.2, 0.25) is 0 Å². The monoisotopic (exact) mass is 267 g/mol. The van der Waals surface area contributed by atoms with Crippen molar-refractivity contribution in [2.24, 2.45) is 5.92 Å². The summed E-state index contributed by atoms with van der Waals surface area (Å²) in [6, 6.07) is 6.75. The Balaban J connectivity index is 2.80. The lowest BCUT2D eigenvalue weighted by Gasteiger charge is -2.27. The van der Waals surface area contributed by atoms with E-state index in [0.29, 0.717) is 0 Å². The van der Waals surface area contributed by atoms with E-state index in [4.69, 9.17) is 9.84 Å². The average Bonchev–Trinajstić information content (AvgIpc) is 2.43. The molecule has 19 heavy (non-hydrogen) atoms. The summed E-state index contributed by atoms with van der Waals surface area (Å²) in [5, 5.41) is 21.8. The van der Waals surface area contributed by atoms with E-state index in [0.717, 1.165) is 11.4 Å². The number of nitrogens with one attached hydrogen (secondary N) is 1. The van der Waals surface area contributed by atoms with Gasteiger partial charge in [-0.05, 0) is 30.2 Å². The second kappa shape index (κ2) is 7.11. The lowest BCUT2D eigenvalue weighted by molar-refractivity contribution is -0.131. The summed E-state index contributed by atoms with van der Waals surface area (Å²) >= 11 is 0. The van der Waals surface area contributed by atoms with Gasteiger partial charge in [0.1, 0.15) is 18.5 Å². The molecular formula is C14H21NO4. The SMILES string of the molecule is COc1ccc(N[C@H](C(C)C)[C@@H](O)C(=O)CO)cc1. The van der Waals surface area contributed by atoms with Crippen LogP contribution in [-0.4, -0.2) is 41.9 Å². The van der Waals surface area contributed by atoms with Crippen molar-refractivity contribution in [3.63, 3.8) is 0 Å². The normalized spacial score (nSPS) is 14.0. The van der Waals surface area contributed by atoms with Crippen molar-refractivity contribution in [1.29, 1.82) is 0 Å². The van der Waals surface area contributed by atoms with Crippen molar-refractivity contribution in [1.82, 2.24) is 0 Å². The first-order chi connectivity index (χ1) is 8.99. The number of benzene rings is 1. The van der Waals surface area contributed by atoms with E-state index in [-0.39, 0.29) is 5.92 Å². The molecule has 1 aromatic carbocycles. The average molecular weight is 267 g/mol. The molecule has 1 aromatic rings. The fraction of sp³-hybridized carbons (Fsp3) is 0.500. The second-order valence-corrected chi connectivity index (χ2v) is 4.71. The van der Waals surface area contributed by atoms with E-state index in [2.05, 4.69) is 5.32 Å². The number of hydrogen-bond acceptors (Lipinski definition) is 5.